The van der Waals surface area contributed by atoms with Crippen molar-refractivity contribution in [2.45, 2.75) is 32.4 Å². The van der Waals surface area contributed by atoms with Crippen molar-refractivity contribution in [2.75, 3.05) is 0 Å². The second-order valence-electron chi connectivity index (χ2n) is 3.67. The summed E-state index contributed by atoms with van der Waals surface area (Å²) in [4.78, 5) is 5.34. The van der Waals surface area contributed by atoms with Gasteiger partial charge in [-0.15, -0.1) is 5.10 Å². The SMILES string of the molecule is CCCn1ccnc1CC(N)c1cnns1. The van der Waals surface area contributed by atoms with Gasteiger partial charge in [0, 0.05) is 31.4 Å². The number of nitrogens with two attached hydrogens (primary N) is 1. The Kier molecular flexibility index (Phi) is 3.63. The van der Waals surface area contributed by atoms with Gasteiger partial charge in [-0.3, -0.25) is 0 Å². The molecule has 6 heteroatoms. The summed E-state index contributed by atoms with van der Waals surface area (Å²) in [5, 5.41) is 3.79. The minimum Gasteiger partial charge on any atom is -0.335 e. The second kappa shape index (κ2) is 5.18. The molecule has 2 heterocycles. The minimum atomic E-state index is -0.0574. The molecule has 0 saturated heterocycles. The van der Waals surface area contributed by atoms with E-state index in [-0.39, 0.29) is 6.04 Å². The van der Waals surface area contributed by atoms with E-state index in [4.69, 9.17) is 5.73 Å². The van der Waals surface area contributed by atoms with Gasteiger partial charge in [0.1, 0.15) is 5.82 Å². The molecule has 2 rings (SSSR count). The zero-order valence-electron chi connectivity index (χ0n) is 9.21. The first-order valence-corrected chi connectivity index (χ1v) is 6.11. The van der Waals surface area contributed by atoms with Gasteiger partial charge in [0.25, 0.3) is 0 Å². The zero-order valence-corrected chi connectivity index (χ0v) is 10.0. The fourth-order valence-electron chi connectivity index (χ4n) is 1.61. The summed E-state index contributed by atoms with van der Waals surface area (Å²) in [5.74, 6) is 1.03. The third-order valence-corrected chi connectivity index (χ3v) is 3.21. The molecule has 1 unspecified atom stereocenters. The van der Waals surface area contributed by atoms with Crippen LogP contribution in [0, 0.1) is 0 Å². The highest BCUT2D eigenvalue weighted by Crippen LogP contribution is 2.17. The molecule has 16 heavy (non-hydrogen) atoms. The molecule has 1 atom stereocenters. The largest absolute Gasteiger partial charge is 0.335 e. The van der Waals surface area contributed by atoms with Crippen LogP contribution in [-0.4, -0.2) is 19.1 Å². The minimum absolute atomic E-state index is 0.0574. The molecule has 0 aliphatic heterocycles. The Hall–Kier alpha value is -1.27. The van der Waals surface area contributed by atoms with Crippen LogP contribution < -0.4 is 5.73 Å². The number of imidazole rings is 1. The number of aryl methyl sites for hydroxylation is 1. The topological polar surface area (TPSA) is 69.6 Å². The van der Waals surface area contributed by atoms with Crippen molar-refractivity contribution in [3.63, 3.8) is 0 Å². The van der Waals surface area contributed by atoms with Gasteiger partial charge in [-0.25, -0.2) is 4.98 Å². The predicted molar refractivity (Wildman–Crippen MR) is 63.1 cm³/mol. The summed E-state index contributed by atoms with van der Waals surface area (Å²) in [6.07, 6.45) is 7.37. The van der Waals surface area contributed by atoms with Gasteiger partial charge < -0.3 is 10.3 Å². The fourth-order valence-corrected chi connectivity index (χ4v) is 2.11. The lowest BCUT2D eigenvalue weighted by atomic mass is 10.2. The van der Waals surface area contributed by atoms with Crippen LogP contribution in [0.25, 0.3) is 0 Å². The summed E-state index contributed by atoms with van der Waals surface area (Å²) >= 11 is 1.35. The molecule has 86 valence electrons. The maximum Gasteiger partial charge on any atom is 0.110 e. The van der Waals surface area contributed by atoms with Crippen molar-refractivity contribution in [3.8, 4) is 0 Å². The van der Waals surface area contributed by atoms with Gasteiger partial charge >= 0.3 is 0 Å². The van der Waals surface area contributed by atoms with E-state index < -0.39 is 0 Å². The molecule has 2 N–H and O–H groups in total. The third kappa shape index (κ3) is 2.45. The van der Waals surface area contributed by atoms with E-state index in [9.17, 15) is 0 Å². The molecule has 2 aromatic rings. The van der Waals surface area contributed by atoms with Gasteiger partial charge in [-0.2, -0.15) is 0 Å². The Bertz CT molecular complexity index is 422. The lowest BCUT2D eigenvalue weighted by Gasteiger charge is -2.10. The molecule has 2 aromatic heterocycles. The first-order valence-electron chi connectivity index (χ1n) is 5.34. The molecule has 0 amide bonds. The normalized spacial score (nSPS) is 12.9. The van der Waals surface area contributed by atoms with E-state index in [1.54, 1.807) is 6.20 Å². The second-order valence-corrected chi connectivity index (χ2v) is 4.48. The number of aromatic nitrogens is 4. The van der Waals surface area contributed by atoms with Crippen LogP contribution in [0.4, 0.5) is 0 Å². The molecule has 0 bridgehead atoms. The smallest absolute Gasteiger partial charge is 0.110 e. The molecule has 0 aromatic carbocycles. The molecule has 5 nitrogen and oxygen atoms in total. The maximum absolute atomic E-state index is 6.07. The molecule has 0 fully saturated rings. The molecule has 0 spiro atoms. The van der Waals surface area contributed by atoms with E-state index in [0.717, 1.165) is 30.1 Å². The molecule has 0 aliphatic rings. The Labute approximate surface area is 98.5 Å². The highest BCUT2D eigenvalue weighted by molar-refractivity contribution is 7.05. The Morgan fingerprint density at radius 2 is 2.44 bits per heavy atom. The number of nitrogens with zero attached hydrogens (tertiary/aromatic N) is 4. The first kappa shape index (κ1) is 11.2. The van der Waals surface area contributed by atoms with Gasteiger partial charge in [-0.1, -0.05) is 11.4 Å². The van der Waals surface area contributed by atoms with Gasteiger partial charge in [0.15, 0.2) is 0 Å². The number of hydrogen-bond donors (Lipinski definition) is 1. The average Bonchev–Trinajstić information content (AvgIpc) is 2.90. The van der Waals surface area contributed by atoms with Crippen LogP contribution >= 0.6 is 11.5 Å². The van der Waals surface area contributed by atoms with E-state index >= 15 is 0 Å². The summed E-state index contributed by atoms with van der Waals surface area (Å²) < 4.78 is 5.96. The molecule has 0 radical (unpaired) electrons. The molecular weight excluding hydrogens is 222 g/mol. The summed E-state index contributed by atoms with van der Waals surface area (Å²) in [7, 11) is 0. The summed E-state index contributed by atoms with van der Waals surface area (Å²) in [5.41, 5.74) is 6.07. The Morgan fingerprint density at radius 3 is 3.12 bits per heavy atom. The van der Waals surface area contributed by atoms with Crippen LogP contribution in [0.15, 0.2) is 18.6 Å². The lowest BCUT2D eigenvalue weighted by molar-refractivity contribution is 0.602. The standard InChI is InChI=1S/C10H15N5S/c1-2-4-15-5-3-12-10(15)6-8(11)9-7-13-14-16-9/h3,5,7-8H,2,4,6,11H2,1H3. The van der Waals surface area contributed by atoms with Gasteiger partial charge in [0.05, 0.1) is 11.1 Å². The van der Waals surface area contributed by atoms with Crippen LogP contribution in [0.3, 0.4) is 0 Å². The number of hydrogen-bond acceptors (Lipinski definition) is 5. The highest BCUT2D eigenvalue weighted by atomic mass is 32.1. The van der Waals surface area contributed by atoms with E-state index in [1.807, 2.05) is 12.4 Å². The van der Waals surface area contributed by atoms with Crippen LogP contribution in [-0.2, 0) is 13.0 Å². The average molecular weight is 237 g/mol. The van der Waals surface area contributed by atoms with Crippen molar-refractivity contribution >= 4 is 11.5 Å². The third-order valence-electron chi connectivity index (χ3n) is 2.41. The summed E-state index contributed by atoms with van der Waals surface area (Å²) in [6, 6.07) is -0.0574. The monoisotopic (exact) mass is 237 g/mol. The van der Waals surface area contributed by atoms with Crippen LogP contribution in [0.2, 0.25) is 0 Å². The van der Waals surface area contributed by atoms with Crippen molar-refractivity contribution in [1.82, 2.24) is 19.1 Å². The van der Waals surface area contributed by atoms with Gasteiger partial charge in [0.2, 0.25) is 0 Å². The van der Waals surface area contributed by atoms with Crippen molar-refractivity contribution in [1.29, 1.82) is 0 Å². The fraction of sp³-hybridized carbons (Fsp3) is 0.500. The van der Waals surface area contributed by atoms with Crippen LogP contribution in [0.1, 0.15) is 30.1 Å². The number of rotatable bonds is 5. The van der Waals surface area contributed by atoms with E-state index in [0.29, 0.717) is 0 Å². The maximum atomic E-state index is 6.07. The zero-order chi connectivity index (χ0) is 11.4. The first-order chi connectivity index (χ1) is 7.81. The van der Waals surface area contributed by atoms with E-state index in [1.165, 1.54) is 11.5 Å². The van der Waals surface area contributed by atoms with Gasteiger partial charge in [-0.05, 0) is 18.0 Å². The molecule has 0 aliphatic carbocycles. The Balaban J connectivity index is 2.06. The highest BCUT2D eigenvalue weighted by Gasteiger charge is 2.12. The quantitative estimate of drug-likeness (QED) is 0.853. The summed E-state index contributed by atoms with van der Waals surface area (Å²) in [6.45, 7) is 3.14. The van der Waals surface area contributed by atoms with Crippen molar-refractivity contribution in [3.05, 3.63) is 29.3 Å². The lowest BCUT2D eigenvalue weighted by Crippen LogP contribution is -2.15. The van der Waals surface area contributed by atoms with Crippen molar-refractivity contribution in [2.24, 2.45) is 5.73 Å². The molecule has 0 saturated carbocycles. The van der Waals surface area contributed by atoms with E-state index in [2.05, 4.69) is 26.1 Å². The predicted octanol–water partition coefficient (Wildman–Crippen LogP) is 1.39. The molecular formula is C10H15N5S. The van der Waals surface area contributed by atoms with Crippen molar-refractivity contribution < 1.29 is 0 Å². The Morgan fingerprint density at radius 1 is 1.56 bits per heavy atom. The van der Waals surface area contributed by atoms with Crippen LogP contribution in [0.5, 0.6) is 0 Å².